The van der Waals surface area contributed by atoms with Gasteiger partial charge in [-0.25, -0.2) is 14.8 Å². The molecule has 7 heteroatoms. The first-order valence-electron chi connectivity index (χ1n) is 8.03. The zero-order valence-corrected chi connectivity index (χ0v) is 13.3. The summed E-state index contributed by atoms with van der Waals surface area (Å²) >= 11 is 0. The number of carbonyl (C=O) groups excluding carboxylic acids is 1. The summed E-state index contributed by atoms with van der Waals surface area (Å²) in [6, 6.07) is 0.411. The molecule has 2 aliphatic rings. The number of hydrogen-bond acceptors (Lipinski definition) is 5. The third-order valence-electron chi connectivity index (χ3n) is 4.25. The van der Waals surface area contributed by atoms with Crippen molar-refractivity contribution in [3.8, 4) is 0 Å². The second-order valence-corrected chi connectivity index (χ2v) is 5.89. The van der Waals surface area contributed by atoms with Crippen LogP contribution in [-0.2, 0) is 13.1 Å². The molecule has 0 atom stereocenters. The van der Waals surface area contributed by atoms with Crippen molar-refractivity contribution >= 4 is 11.8 Å². The fraction of sp³-hybridized carbons (Fsp3) is 0.667. The van der Waals surface area contributed by atoms with E-state index in [0.29, 0.717) is 12.6 Å². The van der Waals surface area contributed by atoms with E-state index in [0.717, 1.165) is 56.4 Å². The molecule has 1 saturated heterocycles. The number of nitrogens with zero attached hydrogens (tertiary/aromatic N) is 3. The maximum absolute atomic E-state index is 11.8. The van der Waals surface area contributed by atoms with E-state index in [9.17, 15) is 4.79 Å². The number of aromatic nitrogens is 2. The molecule has 2 amide bonds. The molecule has 0 unspecified atom stereocenters. The molecule has 0 saturated carbocycles. The minimum Gasteiger partial charge on any atom is -0.367 e. The Hall–Kier alpha value is -1.89. The largest absolute Gasteiger partial charge is 0.367 e. The topological polar surface area (TPSA) is 82.2 Å². The van der Waals surface area contributed by atoms with Crippen molar-refractivity contribution in [1.29, 1.82) is 0 Å². The van der Waals surface area contributed by atoms with Gasteiger partial charge in [0.1, 0.15) is 11.6 Å². The molecular formula is C15H24N6O. The Morgan fingerprint density at radius 2 is 2.09 bits per heavy atom. The van der Waals surface area contributed by atoms with E-state index >= 15 is 0 Å². The molecule has 0 aliphatic carbocycles. The number of hydrogen-bond donors (Lipinski definition) is 3. The first-order chi connectivity index (χ1) is 10.7. The lowest BCUT2D eigenvalue weighted by Crippen LogP contribution is -2.46. The highest BCUT2D eigenvalue weighted by Crippen LogP contribution is 2.23. The number of carbonyl (C=O) groups is 1. The number of aryl methyl sites for hydroxylation is 1. The number of fused-ring (bicyclic) bond motifs is 1. The van der Waals surface area contributed by atoms with Crippen LogP contribution in [0.25, 0.3) is 0 Å². The summed E-state index contributed by atoms with van der Waals surface area (Å²) < 4.78 is 0. The molecule has 0 bridgehead atoms. The number of rotatable bonds is 3. The zero-order chi connectivity index (χ0) is 15.5. The van der Waals surface area contributed by atoms with Crippen molar-refractivity contribution < 1.29 is 4.79 Å². The van der Waals surface area contributed by atoms with Gasteiger partial charge in [-0.15, -0.1) is 0 Å². The van der Waals surface area contributed by atoms with Gasteiger partial charge >= 0.3 is 6.03 Å². The Bertz CT molecular complexity index is 553. The Labute approximate surface area is 130 Å². The van der Waals surface area contributed by atoms with Crippen molar-refractivity contribution in [2.24, 2.45) is 0 Å². The number of likely N-dealkylation sites (tertiary alicyclic amines) is 1. The number of amides is 2. The van der Waals surface area contributed by atoms with Gasteiger partial charge in [0, 0.05) is 44.3 Å². The zero-order valence-electron chi connectivity index (χ0n) is 13.3. The maximum atomic E-state index is 11.8. The van der Waals surface area contributed by atoms with E-state index < -0.39 is 0 Å². The monoisotopic (exact) mass is 304 g/mol. The second kappa shape index (κ2) is 6.48. The summed E-state index contributed by atoms with van der Waals surface area (Å²) in [7, 11) is 0. The summed E-state index contributed by atoms with van der Waals surface area (Å²) in [4.78, 5) is 22.8. The van der Waals surface area contributed by atoms with Crippen LogP contribution in [0.4, 0.5) is 10.6 Å². The van der Waals surface area contributed by atoms with E-state index in [1.807, 2.05) is 18.7 Å². The molecule has 3 rings (SSSR count). The van der Waals surface area contributed by atoms with Crippen molar-refractivity contribution in [2.75, 3.05) is 25.0 Å². The normalized spacial score (nSPS) is 18.2. The predicted octanol–water partition coefficient (Wildman–Crippen LogP) is 0.994. The highest BCUT2D eigenvalue weighted by atomic mass is 16.2. The average molecular weight is 304 g/mol. The molecule has 2 aliphatic heterocycles. The highest BCUT2D eigenvalue weighted by Gasteiger charge is 2.25. The summed E-state index contributed by atoms with van der Waals surface area (Å²) in [5.74, 6) is 1.77. The van der Waals surface area contributed by atoms with Crippen LogP contribution in [0.1, 0.15) is 36.8 Å². The first-order valence-corrected chi connectivity index (χ1v) is 8.03. The third kappa shape index (κ3) is 3.14. The van der Waals surface area contributed by atoms with Gasteiger partial charge in [-0.2, -0.15) is 0 Å². The lowest BCUT2D eigenvalue weighted by Gasteiger charge is -2.32. The van der Waals surface area contributed by atoms with Crippen LogP contribution >= 0.6 is 0 Å². The van der Waals surface area contributed by atoms with Gasteiger partial charge in [0.25, 0.3) is 0 Å². The van der Waals surface area contributed by atoms with E-state index in [1.165, 1.54) is 5.56 Å². The SMILES string of the molecule is CCNC(=O)N1CCC(Nc2nc(C)nc3c2CNC3)CC1. The summed E-state index contributed by atoms with van der Waals surface area (Å²) in [6.45, 7) is 7.77. The Balaban J connectivity index is 1.61. The molecule has 0 spiro atoms. The fourth-order valence-corrected chi connectivity index (χ4v) is 3.09. The van der Waals surface area contributed by atoms with Crippen LogP contribution in [0.3, 0.4) is 0 Å². The summed E-state index contributed by atoms with van der Waals surface area (Å²) in [5, 5.41) is 9.75. The van der Waals surface area contributed by atoms with E-state index in [2.05, 4.69) is 25.9 Å². The van der Waals surface area contributed by atoms with Gasteiger partial charge in [0.15, 0.2) is 0 Å². The van der Waals surface area contributed by atoms with Gasteiger partial charge in [-0.3, -0.25) is 0 Å². The molecule has 1 aromatic rings. The molecule has 1 fully saturated rings. The molecule has 0 radical (unpaired) electrons. The van der Waals surface area contributed by atoms with Crippen molar-refractivity contribution in [2.45, 2.75) is 45.8 Å². The van der Waals surface area contributed by atoms with E-state index in [1.54, 1.807) is 0 Å². The quantitative estimate of drug-likeness (QED) is 0.776. The first kappa shape index (κ1) is 15.0. The van der Waals surface area contributed by atoms with Crippen LogP contribution in [0, 0.1) is 6.92 Å². The van der Waals surface area contributed by atoms with Gasteiger partial charge in [-0.1, -0.05) is 0 Å². The third-order valence-corrected chi connectivity index (χ3v) is 4.25. The van der Waals surface area contributed by atoms with E-state index in [4.69, 9.17) is 0 Å². The standard InChI is InChI=1S/C15H24N6O/c1-3-17-15(22)21-6-4-11(5-7-21)20-14-12-8-16-9-13(12)18-10(2)19-14/h11,16H,3-9H2,1-2H3,(H,17,22)(H,18,19,20). The van der Waals surface area contributed by atoms with Crippen LogP contribution in [0.15, 0.2) is 0 Å². The summed E-state index contributed by atoms with van der Waals surface area (Å²) in [5.41, 5.74) is 2.30. The van der Waals surface area contributed by atoms with Crippen molar-refractivity contribution in [3.05, 3.63) is 17.1 Å². The minimum atomic E-state index is 0.0453. The van der Waals surface area contributed by atoms with E-state index in [-0.39, 0.29) is 6.03 Å². The fourth-order valence-electron chi connectivity index (χ4n) is 3.09. The Morgan fingerprint density at radius 1 is 1.32 bits per heavy atom. The smallest absolute Gasteiger partial charge is 0.317 e. The van der Waals surface area contributed by atoms with Crippen LogP contribution in [0.5, 0.6) is 0 Å². The molecule has 3 N–H and O–H groups in total. The van der Waals surface area contributed by atoms with Crippen LogP contribution < -0.4 is 16.0 Å². The average Bonchev–Trinajstić information content (AvgIpc) is 2.96. The van der Waals surface area contributed by atoms with Gasteiger partial charge in [-0.05, 0) is 26.7 Å². The minimum absolute atomic E-state index is 0.0453. The Kier molecular flexibility index (Phi) is 4.42. The Morgan fingerprint density at radius 3 is 2.82 bits per heavy atom. The molecule has 0 aromatic carbocycles. The molecule has 22 heavy (non-hydrogen) atoms. The summed E-state index contributed by atoms with van der Waals surface area (Å²) in [6.07, 6.45) is 1.89. The van der Waals surface area contributed by atoms with Crippen LogP contribution in [-0.4, -0.2) is 46.6 Å². The molecular weight excluding hydrogens is 280 g/mol. The lowest BCUT2D eigenvalue weighted by molar-refractivity contribution is 0.184. The predicted molar refractivity (Wildman–Crippen MR) is 84.6 cm³/mol. The number of nitrogens with one attached hydrogen (secondary N) is 3. The maximum Gasteiger partial charge on any atom is 0.317 e. The van der Waals surface area contributed by atoms with Gasteiger partial charge in [0.05, 0.1) is 5.69 Å². The molecule has 1 aromatic heterocycles. The molecule has 3 heterocycles. The molecule has 120 valence electrons. The second-order valence-electron chi connectivity index (χ2n) is 5.89. The number of anilines is 1. The van der Waals surface area contributed by atoms with Gasteiger partial charge in [0.2, 0.25) is 0 Å². The van der Waals surface area contributed by atoms with Crippen molar-refractivity contribution in [1.82, 2.24) is 25.5 Å². The number of urea groups is 1. The van der Waals surface area contributed by atoms with Crippen molar-refractivity contribution in [3.63, 3.8) is 0 Å². The van der Waals surface area contributed by atoms with Crippen LogP contribution in [0.2, 0.25) is 0 Å². The highest BCUT2D eigenvalue weighted by molar-refractivity contribution is 5.74. The van der Waals surface area contributed by atoms with Gasteiger partial charge < -0.3 is 20.9 Å². The number of piperidine rings is 1. The lowest BCUT2D eigenvalue weighted by atomic mass is 10.0. The molecule has 7 nitrogen and oxygen atoms in total.